The molecule has 1 N–H and O–H groups in total. The molecule has 1 aliphatic heterocycles. The van der Waals surface area contributed by atoms with Gasteiger partial charge in [0.05, 0.1) is 28.9 Å². The number of nitrogens with zero attached hydrogens (tertiary/aromatic N) is 2. The van der Waals surface area contributed by atoms with Crippen LogP contribution in [0, 0.1) is 0 Å². The number of nitrogens with one attached hydrogen (secondary N) is 1. The van der Waals surface area contributed by atoms with Crippen LogP contribution < -0.4 is 5.32 Å². The molecule has 5 nitrogen and oxygen atoms in total. The van der Waals surface area contributed by atoms with Crippen LogP contribution in [0.5, 0.6) is 0 Å². The molecule has 4 rings (SSSR count). The topological polar surface area (TPSA) is 46.6 Å². The van der Waals surface area contributed by atoms with Crippen molar-refractivity contribution in [2.75, 3.05) is 19.7 Å². The highest BCUT2D eigenvalue weighted by Gasteiger charge is 2.34. The molecule has 6 heteroatoms. The number of pyridine rings is 1. The molecule has 1 saturated heterocycles. The Bertz CT molecular complexity index is 757. The summed E-state index contributed by atoms with van der Waals surface area (Å²) in [5.74, 6) is 0. The van der Waals surface area contributed by atoms with Crippen LogP contribution >= 0.6 is 11.6 Å². The summed E-state index contributed by atoms with van der Waals surface area (Å²) in [5, 5.41) is 6.78. The Labute approximate surface area is 146 Å². The summed E-state index contributed by atoms with van der Waals surface area (Å²) in [7, 11) is 0. The summed E-state index contributed by atoms with van der Waals surface area (Å²) in [6, 6.07) is 8.21. The van der Waals surface area contributed by atoms with Crippen molar-refractivity contribution in [3.8, 4) is 0 Å². The van der Waals surface area contributed by atoms with E-state index in [9.17, 15) is 0 Å². The highest BCUT2D eigenvalue weighted by molar-refractivity contribution is 6.35. The van der Waals surface area contributed by atoms with E-state index in [1.807, 2.05) is 23.3 Å². The van der Waals surface area contributed by atoms with Gasteiger partial charge in [0.2, 0.25) is 0 Å². The monoisotopic (exact) mass is 345 g/mol. The number of hydroxylamine groups is 2. The van der Waals surface area contributed by atoms with Crippen molar-refractivity contribution in [3.63, 3.8) is 0 Å². The van der Waals surface area contributed by atoms with Crippen LogP contribution in [0.25, 0.3) is 16.6 Å². The number of morpholine rings is 1. The lowest BCUT2D eigenvalue weighted by atomic mass is 10.1. The third-order valence-corrected chi connectivity index (χ3v) is 4.55. The van der Waals surface area contributed by atoms with Crippen LogP contribution in [0.1, 0.15) is 18.4 Å². The first kappa shape index (κ1) is 15.8. The van der Waals surface area contributed by atoms with Gasteiger partial charge in [0.15, 0.2) is 6.29 Å². The van der Waals surface area contributed by atoms with Crippen molar-refractivity contribution in [2.24, 2.45) is 0 Å². The van der Waals surface area contributed by atoms with Crippen LogP contribution in [0.3, 0.4) is 0 Å². The maximum Gasteiger partial charge on any atom is 0.196 e. The van der Waals surface area contributed by atoms with E-state index in [2.05, 4.69) is 22.9 Å². The summed E-state index contributed by atoms with van der Waals surface area (Å²) in [6.07, 6.45) is 3.66. The van der Waals surface area contributed by atoms with Crippen LogP contribution in [0.4, 0.5) is 0 Å². The molecule has 0 bridgehead atoms. The number of rotatable bonds is 5. The van der Waals surface area contributed by atoms with E-state index in [1.165, 1.54) is 0 Å². The van der Waals surface area contributed by atoms with Gasteiger partial charge in [0.25, 0.3) is 0 Å². The van der Waals surface area contributed by atoms with E-state index >= 15 is 0 Å². The van der Waals surface area contributed by atoms with Crippen LogP contribution in [-0.4, -0.2) is 42.1 Å². The molecule has 0 unspecified atom stereocenters. The third-order valence-electron chi connectivity index (χ3n) is 4.26. The minimum Gasteiger partial charge on any atom is -0.348 e. The van der Waals surface area contributed by atoms with E-state index in [0.29, 0.717) is 24.2 Å². The number of hydrogen-bond acceptors (Lipinski definition) is 5. The van der Waals surface area contributed by atoms with Crippen molar-refractivity contribution < 1.29 is 9.57 Å². The Balaban J connectivity index is 1.60. The van der Waals surface area contributed by atoms with Crippen molar-refractivity contribution in [1.29, 1.82) is 0 Å². The molecule has 2 fully saturated rings. The number of benzene rings is 1. The Hall–Kier alpha value is -1.66. The molecule has 2 heterocycles. The average molecular weight is 346 g/mol. The molecule has 126 valence electrons. The highest BCUT2D eigenvalue weighted by atomic mass is 35.5. The van der Waals surface area contributed by atoms with Gasteiger partial charge < -0.3 is 10.1 Å². The zero-order valence-electron chi connectivity index (χ0n) is 13.4. The molecule has 0 radical (unpaired) electrons. The normalized spacial score (nSPS) is 21.0. The fraction of sp³-hybridized carbons (Fsp3) is 0.389. The Morgan fingerprint density at radius 1 is 1.42 bits per heavy atom. The molecule has 24 heavy (non-hydrogen) atoms. The summed E-state index contributed by atoms with van der Waals surface area (Å²) in [6.45, 7) is 6.44. The van der Waals surface area contributed by atoms with E-state index in [0.717, 1.165) is 41.5 Å². The van der Waals surface area contributed by atoms with Gasteiger partial charge in [-0.1, -0.05) is 24.2 Å². The van der Waals surface area contributed by atoms with Crippen molar-refractivity contribution in [3.05, 3.63) is 47.6 Å². The number of halogens is 1. The van der Waals surface area contributed by atoms with Gasteiger partial charge in [0.1, 0.15) is 0 Å². The van der Waals surface area contributed by atoms with Gasteiger partial charge in [-0.2, -0.15) is 0 Å². The Morgan fingerprint density at radius 2 is 2.29 bits per heavy atom. The quantitative estimate of drug-likeness (QED) is 0.843. The van der Waals surface area contributed by atoms with E-state index < -0.39 is 0 Å². The number of hydrogen-bond donors (Lipinski definition) is 1. The second-order valence-corrected chi connectivity index (χ2v) is 6.55. The first-order valence-electron chi connectivity index (χ1n) is 8.24. The average Bonchev–Trinajstić information content (AvgIpc) is 3.45. The molecular formula is C18H20ClN3O2. The van der Waals surface area contributed by atoms with Crippen LogP contribution in [-0.2, 0) is 9.57 Å². The number of fused-ring (bicyclic) bond motifs is 1. The Kier molecular flexibility index (Phi) is 4.41. The van der Waals surface area contributed by atoms with Crippen LogP contribution in [0.15, 0.2) is 37.0 Å². The third kappa shape index (κ3) is 3.26. The van der Waals surface area contributed by atoms with Gasteiger partial charge in [-0.3, -0.25) is 4.98 Å². The maximum absolute atomic E-state index is 6.40. The largest absolute Gasteiger partial charge is 0.348 e. The van der Waals surface area contributed by atoms with E-state index in [1.54, 1.807) is 6.20 Å². The predicted molar refractivity (Wildman–Crippen MR) is 94.3 cm³/mol. The molecule has 0 amide bonds. The minimum atomic E-state index is -0.284. The summed E-state index contributed by atoms with van der Waals surface area (Å²) >= 11 is 6.40. The minimum absolute atomic E-state index is 0.284. The van der Waals surface area contributed by atoms with Gasteiger partial charge in [-0.05, 0) is 31.0 Å². The molecule has 1 aromatic heterocycles. The summed E-state index contributed by atoms with van der Waals surface area (Å²) in [4.78, 5) is 10.4. The second-order valence-electron chi connectivity index (χ2n) is 6.15. The number of aromatic nitrogens is 1. The van der Waals surface area contributed by atoms with E-state index in [4.69, 9.17) is 21.2 Å². The zero-order valence-corrected chi connectivity index (χ0v) is 14.1. The number of ether oxygens (including phenoxy) is 1. The zero-order chi connectivity index (χ0) is 16.5. The molecule has 2 aromatic rings. The fourth-order valence-corrected chi connectivity index (χ4v) is 3.13. The lowest BCUT2D eigenvalue weighted by Crippen LogP contribution is -2.43. The summed E-state index contributed by atoms with van der Waals surface area (Å²) < 4.78 is 5.66. The van der Waals surface area contributed by atoms with Crippen molar-refractivity contribution in [2.45, 2.75) is 25.2 Å². The van der Waals surface area contributed by atoms with Crippen molar-refractivity contribution >= 4 is 28.2 Å². The first-order valence-corrected chi connectivity index (χ1v) is 8.62. The molecule has 1 aliphatic carbocycles. The standard InChI is InChI=1S/C18H20ClN3O2/c1-12(14-9-13-3-2-6-21-18(13)16(19)10-14)22(15-4-5-15)24-17-11-20-7-8-23-17/h2-3,6,9-10,15,17,20H,1,4-5,7-8,11H2/t17-/m0/s1. The van der Waals surface area contributed by atoms with Crippen molar-refractivity contribution in [1.82, 2.24) is 15.4 Å². The first-order chi connectivity index (χ1) is 11.7. The maximum atomic E-state index is 6.40. The van der Waals surface area contributed by atoms with Gasteiger partial charge in [-0.25, -0.2) is 9.90 Å². The van der Waals surface area contributed by atoms with E-state index in [-0.39, 0.29) is 6.29 Å². The fourth-order valence-electron chi connectivity index (χ4n) is 2.86. The molecular weight excluding hydrogens is 326 g/mol. The smallest absolute Gasteiger partial charge is 0.196 e. The lowest BCUT2D eigenvalue weighted by Gasteiger charge is -2.32. The van der Waals surface area contributed by atoms with Gasteiger partial charge >= 0.3 is 0 Å². The molecule has 0 spiro atoms. The molecule has 2 aliphatic rings. The molecule has 1 saturated carbocycles. The lowest BCUT2D eigenvalue weighted by molar-refractivity contribution is -0.262. The second kappa shape index (κ2) is 6.69. The summed E-state index contributed by atoms with van der Waals surface area (Å²) in [5.41, 5.74) is 2.55. The van der Waals surface area contributed by atoms with Gasteiger partial charge in [-0.15, -0.1) is 0 Å². The SMILES string of the molecule is C=C(c1cc(Cl)c2ncccc2c1)N(O[C@H]1CNCCO1)C1CC1. The van der Waals surface area contributed by atoms with Gasteiger partial charge in [0, 0.05) is 30.2 Å². The molecule has 1 aromatic carbocycles. The predicted octanol–water partition coefficient (Wildman–Crippen LogP) is 3.20. The molecule has 1 atom stereocenters. The van der Waals surface area contributed by atoms with Crippen LogP contribution in [0.2, 0.25) is 5.02 Å². The Morgan fingerprint density at radius 3 is 3.04 bits per heavy atom. The highest BCUT2D eigenvalue weighted by Crippen LogP contribution is 2.36.